The molecule has 1 aromatic heterocycles. The molecule has 0 saturated carbocycles. The molecule has 0 aromatic carbocycles. The van der Waals surface area contributed by atoms with Crippen molar-refractivity contribution in [2.45, 2.75) is 13.3 Å². The molecule has 0 aliphatic heterocycles. The molecule has 0 radical (unpaired) electrons. The lowest BCUT2D eigenvalue weighted by Gasteiger charge is -2.20. The van der Waals surface area contributed by atoms with E-state index in [0.29, 0.717) is 24.5 Å². The van der Waals surface area contributed by atoms with Crippen molar-refractivity contribution in [2.24, 2.45) is 7.05 Å². The molecule has 0 N–H and O–H groups in total. The average molecular weight is 257 g/mol. The standard InChI is InChI=1S/C12H17ClN2O2/c1-3-6-15(8-5-13)12(17)10-4-7-14(2)11(16)9-10/h4,7,9H,3,5-6,8H2,1-2H3. The van der Waals surface area contributed by atoms with E-state index >= 15 is 0 Å². The van der Waals surface area contributed by atoms with Gasteiger partial charge in [0.25, 0.3) is 11.5 Å². The lowest BCUT2D eigenvalue weighted by atomic mass is 10.2. The van der Waals surface area contributed by atoms with Crippen LogP contribution in [-0.2, 0) is 7.05 Å². The Morgan fingerprint density at radius 2 is 2.18 bits per heavy atom. The summed E-state index contributed by atoms with van der Waals surface area (Å²) in [7, 11) is 1.65. The molecule has 0 unspecified atom stereocenters. The molecule has 17 heavy (non-hydrogen) atoms. The Kier molecular flexibility index (Phi) is 5.22. The Labute approximate surface area is 106 Å². The number of alkyl halides is 1. The molecule has 0 atom stereocenters. The second kappa shape index (κ2) is 6.45. The van der Waals surface area contributed by atoms with E-state index in [9.17, 15) is 9.59 Å². The van der Waals surface area contributed by atoms with Crippen LogP contribution >= 0.6 is 11.6 Å². The number of halogens is 1. The van der Waals surface area contributed by atoms with Crippen LogP contribution < -0.4 is 5.56 Å². The third kappa shape index (κ3) is 3.60. The molecule has 0 aliphatic carbocycles. The number of nitrogens with zero attached hydrogens (tertiary/aromatic N) is 2. The van der Waals surface area contributed by atoms with Crippen molar-refractivity contribution in [2.75, 3.05) is 19.0 Å². The Morgan fingerprint density at radius 1 is 1.47 bits per heavy atom. The molecule has 5 heteroatoms. The van der Waals surface area contributed by atoms with Gasteiger partial charge in [0.15, 0.2) is 0 Å². The molecule has 1 amide bonds. The van der Waals surface area contributed by atoms with Crippen molar-refractivity contribution in [3.63, 3.8) is 0 Å². The quantitative estimate of drug-likeness (QED) is 0.749. The summed E-state index contributed by atoms with van der Waals surface area (Å²) >= 11 is 5.66. The van der Waals surface area contributed by atoms with E-state index in [1.807, 2.05) is 6.92 Å². The first-order chi connectivity index (χ1) is 8.10. The van der Waals surface area contributed by atoms with Crippen molar-refractivity contribution in [1.82, 2.24) is 9.47 Å². The van der Waals surface area contributed by atoms with Crippen LogP contribution in [0.4, 0.5) is 0 Å². The van der Waals surface area contributed by atoms with Gasteiger partial charge in [-0.25, -0.2) is 0 Å². The van der Waals surface area contributed by atoms with Gasteiger partial charge in [0, 0.05) is 43.8 Å². The fourth-order valence-corrected chi connectivity index (χ4v) is 1.75. The molecule has 0 saturated heterocycles. The predicted octanol–water partition coefficient (Wildman–Crippen LogP) is 1.48. The smallest absolute Gasteiger partial charge is 0.254 e. The van der Waals surface area contributed by atoms with Crippen LogP contribution in [-0.4, -0.2) is 34.3 Å². The zero-order valence-corrected chi connectivity index (χ0v) is 10.9. The van der Waals surface area contributed by atoms with E-state index in [0.717, 1.165) is 6.42 Å². The number of amides is 1. The van der Waals surface area contributed by atoms with Crippen molar-refractivity contribution < 1.29 is 4.79 Å². The zero-order valence-electron chi connectivity index (χ0n) is 10.1. The second-order valence-electron chi connectivity index (χ2n) is 3.85. The molecule has 1 rings (SSSR count). The highest BCUT2D eigenvalue weighted by atomic mass is 35.5. The lowest BCUT2D eigenvalue weighted by molar-refractivity contribution is 0.0765. The zero-order chi connectivity index (χ0) is 12.8. The summed E-state index contributed by atoms with van der Waals surface area (Å²) in [4.78, 5) is 25.2. The van der Waals surface area contributed by atoms with E-state index < -0.39 is 0 Å². The summed E-state index contributed by atoms with van der Waals surface area (Å²) in [6.07, 6.45) is 2.47. The van der Waals surface area contributed by atoms with Crippen LogP contribution in [0.25, 0.3) is 0 Å². The number of rotatable bonds is 5. The summed E-state index contributed by atoms with van der Waals surface area (Å²) in [5.41, 5.74) is 0.241. The molecular formula is C12H17ClN2O2. The van der Waals surface area contributed by atoms with Crippen LogP contribution in [0.3, 0.4) is 0 Å². The fourth-order valence-electron chi connectivity index (χ4n) is 1.55. The maximum Gasteiger partial charge on any atom is 0.254 e. The summed E-state index contributed by atoms with van der Waals surface area (Å²) in [6, 6.07) is 3.01. The second-order valence-corrected chi connectivity index (χ2v) is 4.22. The highest BCUT2D eigenvalue weighted by Gasteiger charge is 2.14. The minimum Gasteiger partial charge on any atom is -0.337 e. The predicted molar refractivity (Wildman–Crippen MR) is 68.6 cm³/mol. The Hall–Kier alpha value is -1.29. The van der Waals surface area contributed by atoms with Gasteiger partial charge in [0.1, 0.15) is 0 Å². The van der Waals surface area contributed by atoms with Gasteiger partial charge in [-0.15, -0.1) is 11.6 Å². The van der Waals surface area contributed by atoms with Gasteiger partial charge in [-0.05, 0) is 12.5 Å². The molecule has 0 bridgehead atoms. The molecule has 0 fully saturated rings. The number of pyridine rings is 1. The Morgan fingerprint density at radius 3 is 2.71 bits per heavy atom. The highest BCUT2D eigenvalue weighted by molar-refractivity contribution is 6.18. The SMILES string of the molecule is CCCN(CCCl)C(=O)c1ccn(C)c(=O)c1. The highest BCUT2D eigenvalue weighted by Crippen LogP contribution is 2.03. The molecule has 4 nitrogen and oxygen atoms in total. The van der Waals surface area contributed by atoms with E-state index in [1.165, 1.54) is 10.6 Å². The van der Waals surface area contributed by atoms with Gasteiger partial charge in [-0.3, -0.25) is 9.59 Å². The first-order valence-electron chi connectivity index (χ1n) is 5.62. The molecule has 0 aliphatic rings. The number of aryl methyl sites for hydroxylation is 1. The van der Waals surface area contributed by atoms with Crippen LogP contribution in [0.1, 0.15) is 23.7 Å². The van der Waals surface area contributed by atoms with Crippen molar-refractivity contribution in [3.8, 4) is 0 Å². The number of hydrogen-bond acceptors (Lipinski definition) is 2. The third-order valence-corrected chi connectivity index (χ3v) is 2.66. The maximum atomic E-state index is 12.1. The first kappa shape index (κ1) is 13.8. The van der Waals surface area contributed by atoms with Crippen LogP contribution in [0, 0.1) is 0 Å². The summed E-state index contributed by atoms with van der Waals surface area (Å²) in [5, 5.41) is 0. The largest absolute Gasteiger partial charge is 0.337 e. The van der Waals surface area contributed by atoms with Crippen molar-refractivity contribution in [1.29, 1.82) is 0 Å². The fraction of sp³-hybridized carbons (Fsp3) is 0.500. The van der Waals surface area contributed by atoms with Gasteiger partial charge in [0.05, 0.1) is 0 Å². The topological polar surface area (TPSA) is 42.3 Å². The molecular weight excluding hydrogens is 240 g/mol. The van der Waals surface area contributed by atoms with Crippen LogP contribution in [0.5, 0.6) is 0 Å². The molecule has 1 aromatic rings. The van der Waals surface area contributed by atoms with Gasteiger partial charge < -0.3 is 9.47 Å². The van der Waals surface area contributed by atoms with Crippen molar-refractivity contribution in [3.05, 3.63) is 34.2 Å². The number of carbonyl (C=O) groups is 1. The Bertz CT molecular complexity index is 436. The van der Waals surface area contributed by atoms with E-state index in [-0.39, 0.29) is 11.5 Å². The lowest BCUT2D eigenvalue weighted by Crippen LogP contribution is -2.34. The van der Waals surface area contributed by atoms with Gasteiger partial charge in [-0.2, -0.15) is 0 Å². The van der Waals surface area contributed by atoms with Gasteiger partial charge >= 0.3 is 0 Å². The first-order valence-corrected chi connectivity index (χ1v) is 6.15. The average Bonchev–Trinajstić information content (AvgIpc) is 2.31. The maximum absolute atomic E-state index is 12.1. The van der Waals surface area contributed by atoms with E-state index in [4.69, 9.17) is 11.6 Å². The van der Waals surface area contributed by atoms with E-state index in [1.54, 1.807) is 24.2 Å². The molecule has 94 valence electrons. The summed E-state index contributed by atoms with van der Waals surface area (Å²) < 4.78 is 1.43. The van der Waals surface area contributed by atoms with Gasteiger partial charge in [-0.1, -0.05) is 6.92 Å². The number of hydrogen-bond donors (Lipinski definition) is 0. The number of carbonyl (C=O) groups excluding carboxylic acids is 1. The molecule has 1 heterocycles. The van der Waals surface area contributed by atoms with E-state index in [2.05, 4.69) is 0 Å². The summed E-state index contributed by atoms with van der Waals surface area (Å²) in [6.45, 7) is 3.16. The van der Waals surface area contributed by atoms with Crippen LogP contribution in [0.15, 0.2) is 23.1 Å². The Balaban J connectivity index is 2.92. The molecule has 0 spiro atoms. The minimum absolute atomic E-state index is 0.134. The van der Waals surface area contributed by atoms with Crippen LogP contribution in [0.2, 0.25) is 0 Å². The van der Waals surface area contributed by atoms with Crippen molar-refractivity contribution >= 4 is 17.5 Å². The normalized spacial score (nSPS) is 10.3. The monoisotopic (exact) mass is 256 g/mol. The third-order valence-electron chi connectivity index (χ3n) is 2.49. The summed E-state index contributed by atoms with van der Waals surface area (Å²) in [5.74, 6) is 0.265. The minimum atomic E-state index is -0.182. The number of aromatic nitrogens is 1. The van der Waals surface area contributed by atoms with Gasteiger partial charge in [0.2, 0.25) is 0 Å².